The van der Waals surface area contributed by atoms with Crippen LogP contribution in [0.15, 0.2) is 12.2 Å². The molecule has 0 bridgehead atoms. The van der Waals surface area contributed by atoms with Crippen LogP contribution in [-0.2, 0) is 0 Å². The van der Waals surface area contributed by atoms with Gasteiger partial charge in [0.05, 0.1) is 24.6 Å². The molecule has 0 spiro atoms. The van der Waals surface area contributed by atoms with E-state index in [0.29, 0.717) is 0 Å². The predicted molar refractivity (Wildman–Crippen MR) is 114 cm³/mol. The number of rotatable bonds is 17. The number of hydrogen-bond donors (Lipinski definition) is 0. The Morgan fingerprint density at radius 1 is 0.609 bits per heavy atom. The zero-order valence-electron chi connectivity index (χ0n) is 17.0. The van der Waals surface area contributed by atoms with Crippen molar-refractivity contribution < 1.29 is 0 Å². The van der Waals surface area contributed by atoms with E-state index in [4.69, 9.17) is 0 Å². The van der Waals surface area contributed by atoms with Crippen molar-refractivity contribution in [3.8, 4) is 0 Å². The maximum atomic E-state index is 4.27. The molecule has 0 rings (SSSR count). The quantitative estimate of drug-likeness (QED) is 0.142. The molecule has 0 atom stereocenters. The molecule has 0 saturated carbocycles. The molecule has 138 valence electrons. The van der Waals surface area contributed by atoms with Crippen LogP contribution in [0.3, 0.4) is 0 Å². The van der Waals surface area contributed by atoms with Gasteiger partial charge in [0, 0.05) is 7.26 Å². The molecular formula is C22H46P+. The first-order chi connectivity index (χ1) is 11.1. The van der Waals surface area contributed by atoms with E-state index in [0.717, 1.165) is 0 Å². The average molecular weight is 342 g/mol. The van der Waals surface area contributed by atoms with Crippen LogP contribution >= 0.6 is 7.26 Å². The first-order valence-corrected chi connectivity index (χ1v) is 13.1. The highest BCUT2D eigenvalue weighted by molar-refractivity contribution is 7.76. The fraction of sp³-hybridized carbons (Fsp3) is 0.909. The Kier molecular flexibility index (Phi) is 15.8. The van der Waals surface area contributed by atoms with Gasteiger partial charge in [0.15, 0.2) is 0 Å². The lowest BCUT2D eigenvalue weighted by Crippen LogP contribution is -2.13. The Morgan fingerprint density at radius 2 is 1.00 bits per heavy atom. The highest BCUT2D eigenvalue weighted by Gasteiger charge is 2.35. The minimum Gasteiger partial charge on any atom is -0.0965 e. The van der Waals surface area contributed by atoms with Gasteiger partial charge < -0.3 is 0 Å². The maximum absolute atomic E-state index is 4.27. The summed E-state index contributed by atoms with van der Waals surface area (Å²) in [4.78, 5) is 0. The molecule has 0 fully saturated rings. The largest absolute Gasteiger partial charge is 0.0965 e. The van der Waals surface area contributed by atoms with Gasteiger partial charge in [0.1, 0.15) is 0 Å². The molecule has 0 aliphatic carbocycles. The molecule has 23 heavy (non-hydrogen) atoms. The molecular weight excluding hydrogens is 295 g/mol. The van der Waals surface area contributed by atoms with Crippen LogP contribution in [0.1, 0.15) is 105 Å². The zero-order valence-corrected chi connectivity index (χ0v) is 17.9. The van der Waals surface area contributed by atoms with Crippen LogP contribution in [0.4, 0.5) is 0 Å². The van der Waals surface area contributed by atoms with Gasteiger partial charge in [-0.3, -0.25) is 0 Å². The highest BCUT2D eigenvalue weighted by Crippen LogP contribution is 2.61. The zero-order chi connectivity index (χ0) is 17.4. The van der Waals surface area contributed by atoms with Crippen LogP contribution in [0.2, 0.25) is 0 Å². The third kappa shape index (κ3) is 13.2. The number of unbranched alkanes of at least 4 members (excludes halogenated alkanes) is 9. The van der Waals surface area contributed by atoms with Gasteiger partial charge in [-0.25, -0.2) is 0 Å². The van der Waals surface area contributed by atoms with E-state index < -0.39 is 7.26 Å². The molecule has 0 radical (unpaired) electrons. The third-order valence-electron chi connectivity index (χ3n) is 5.06. The Balaban J connectivity index is 4.23. The van der Waals surface area contributed by atoms with E-state index in [2.05, 4.69) is 34.3 Å². The van der Waals surface area contributed by atoms with E-state index >= 15 is 0 Å². The molecule has 0 amide bonds. The van der Waals surface area contributed by atoms with Crippen molar-refractivity contribution in [1.29, 1.82) is 0 Å². The lowest BCUT2D eigenvalue weighted by atomic mass is 10.1. The summed E-state index contributed by atoms with van der Waals surface area (Å²) >= 11 is 0. The van der Waals surface area contributed by atoms with E-state index in [-0.39, 0.29) is 0 Å². The lowest BCUT2D eigenvalue weighted by Gasteiger charge is -2.28. The minimum absolute atomic E-state index is 0.751. The molecule has 0 aromatic carbocycles. The summed E-state index contributed by atoms with van der Waals surface area (Å²) in [5.41, 5.74) is 1.45. The maximum Gasteiger partial charge on any atom is 0.0797 e. The fourth-order valence-electron chi connectivity index (χ4n) is 3.71. The number of allylic oxidation sites excluding steroid dienone is 1. The van der Waals surface area contributed by atoms with E-state index in [1.54, 1.807) is 6.16 Å². The molecule has 0 aromatic heterocycles. The Labute approximate surface area is 149 Å². The van der Waals surface area contributed by atoms with Gasteiger partial charge in [-0.1, -0.05) is 78.7 Å². The second kappa shape index (κ2) is 15.7. The van der Waals surface area contributed by atoms with Crippen molar-refractivity contribution in [3.05, 3.63) is 12.2 Å². The van der Waals surface area contributed by atoms with Crippen molar-refractivity contribution >= 4 is 7.26 Å². The second-order valence-corrected chi connectivity index (χ2v) is 12.2. The predicted octanol–water partition coefficient (Wildman–Crippen LogP) is 8.32. The van der Waals surface area contributed by atoms with Crippen molar-refractivity contribution in [2.24, 2.45) is 0 Å². The summed E-state index contributed by atoms with van der Waals surface area (Å²) in [6.45, 7) is 13.5. The summed E-state index contributed by atoms with van der Waals surface area (Å²) in [5.74, 6) is 0. The normalized spacial score (nSPS) is 11.8. The SMILES string of the molecule is C=C(C)C[P+](CCCC)(CCCC)CCCCCCCCCC. The van der Waals surface area contributed by atoms with Crippen molar-refractivity contribution in [2.45, 2.75) is 105 Å². The Morgan fingerprint density at radius 3 is 1.43 bits per heavy atom. The highest BCUT2D eigenvalue weighted by atomic mass is 31.2. The fourth-order valence-corrected chi connectivity index (χ4v) is 8.87. The van der Waals surface area contributed by atoms with Gasteiger partial charge in [0.2, 0.25) is 0 Å². The molecule has 0 aliphatic rings. The molecule has 0 unspecified atom stereocenters. The number of hydrogen-bond acceptors (Lipinski definition) is 0. The molecule has 0 aliphatic heterocycles. The van der Waals surface area contributed by atoms with Crippen molar-refractivity contribution in [1.82, 2.24) is 0 Å². The van der Waals surface area contributed by atoms with Gasteiger partial charge in [0.25, 0.3) is 0 Å². The molecule has 0 heterocycles. The topological polar surface area (TPSA) is 0 Å². The molecule has 0 nitrogen and oxygen atoms in total. The van der Waals surface area contributed by atoms with Crippen LogP contribution < -0.4 is 0 Å². The lowest BCUT2D eigenvalue weighted by molar-refractivity contribution is 0.585. The van der Waals surface area contributed by atoms with Gasteiger partial charge in [-0.15, -0.1) is 0 Å². The third-order valence-corrected chi connectivity index (χ3v) is 10.1. The summed E-state index contributed by atoms with van der Waals surface area (Å²) < 4.78 is 0. The molecule has 0 N–H and O–H groups in total. The Hall–Kier alpha value is 0.170. The minimum atomic E-state index is -0.751. The average Bonchev–Trinajstić information content (AvgIpc) is 2.53. The van der Waals surface area contributed by atoms with E-state index in [9.17, 15) is 0 Å². The summed E-state index contributed by atoms with van der Waals surface area (Å²) in [5, 5.41) is 0. The van der Waals surface area contributed by atoms with Crippen LogP contribution in [0, 0.1) is 0 Å². The van der Waals surface area contributed by atoms with Gasteiger partial charge >= 0.3 is 0 Å². The van der Waals surface area contributed by atoms with Crippen molar-refractivity contribution in [3.63, 3.8) is 0 Å². The molecule has 1 heteroatoms. The van der Waals surface area contributed by atoms with Crippen molar-refractivity contribution in [2.75, 3.05) is 24.6 Å². The Bertz CT molecular complexity index is 261. The van der Waals surface area contributed by atoms with Crippen LogP contribution in [-0.4, -0.2) is 24.6 Å². The van der Waals surface area contributed by atoms with Crippen LogP contribution in [0.5, 0.6) is 0 Å². The summed E-state index contributed by atoms with van der Waals surface area (Å²) in [7, 11) is -0.751. The van der Waals surface area contributed by atoms with Gasteiger partial charge in [-0.2, -0.15) is 0 Å². The molecule has 0 aromatic rings. The van der Waals surface area contributed by atoms with Gasteiger partial charge in [-0.05, 0) is 38.2 Å². The standard InChI is InChI=1S/C22H46P/c1-6-9-12-13-14-15-16-17-20-23(18-10-7-2,19-11-8-3)21-22(4)5/h4,6-21H2,1-3,5H3/q+1. The summed E-state index contributed by atoms with van der Waals surface area (Å²) in [6, 6.07) is 0. The van der Waals surface area contributed by atoms with Crippen LogP contribution in [0.25, 0.3) is 0 Å². The van der Waals surface area contributed by atoms with E-state index in [1.165, 1.54) is 101 Å². The second-order valence-electron chi connectivity index (χ2n) is 7.81. The summed E-state index contributed by atoms with van der Waals surface area (Å²) in [6.07, 6.45) is 23.2. The van der Waals surface area contributed by atoms with E-state index in [1.807, 2.05) is 0 Å². The first kappa shape index (κ1) is 23.2. The monoisotopic (exact) mass is 341 g/mol. The molecule has 0 saturated heterocycles. The first-order valence-electron chi connectivity index (χ1n) is 10.6. The smallest absolute Gasteiger partial charge is 0.0797 e.